The largest absolute Gasteiger partial charge is 0.332 e. The summed E-state index contributed by atoms with van der Waals surface area (Å²) in [5, 5.41) is 4.72. The summed E-state index contributed by atoms with van der Waals surface area (Å²) < 4.78 is 2.34. The third-order valence-corrected chi connectivity index (χ3v) is 4.03. The van der Waals surface area contributed by atoms with E-state index >= 15 is 0 Å². The van der Waals surface area contributed by atoms with Crippen LogP contribution in [0.15, 0.2) is 24.5 Å². The number of rotatable bonds is 10. The van der Waals surface area contributed by atoms with Crippen LogP contribution in [0.1, 0.15) is 57.9 Å². The number of hydrogen-bond donors (Lipinski definition) is 1. The van der Waals surface area contributed by atoms with Crippen molar-refractivity contribution in [3.8, 4) is 0 Å². The van der Waals surface area contributed by atoms with Gasteiger partial charge in [0.25, 0.3) is 0 Å². The fourth-order valence-electron chi connectivity index (χ4n) is 2.83. The Hall–Kier alpha value is -1.35. The summed E-state index contributed by atoms with van der Waals surface area (Å²) in [5.41, 5.74) is 2.50. The lowest BCUT2D eigenvalue weighted by atomic mass is 10.1. The minimum atomic E-state index is 0.933. The van der Waals surface area contributed by atoms with E-state index in [1.54, 1.807) is 0 Å². The minimum absolute atomic E-state index is 0.933. The highest BCUT2D eigenvalue weighted by atomic mass is 15.0. The number of aromatic nitrogens is 2. The van der Waals surface area contributed by atoms with Crippen LogP contribution in [0.3, 0.4) is 0 Å². The van der Waals surface area contributed by atoms with E-state index in [1.807, 2.05) is 12.3 Å². The highest BCUT2D eigenvalue weighted by molar-refractivity contribution is 5.80. The Morgan fingerprint density at radius 2 is 1.90 bits per heavy atom. The molecular weight excluding hydrogens is 258 g/mol. The van der Waals surface area contributed by atoms with Crippen molar-refractivity contribution >= 4 is 11.0 Å². The minimum Gasteiger partial charge on any atom is -0.332 e. The summed E-state index contributed by atoms with van der Waals surface area (Å²) in [4.78, 5) is 4.57. The first kappa shape index (κ1) is 16.0. The Labute approximate surface area is 128 Å². The summed E-state index contributed by atoms with van der Waals surface area (Å²) in [6.45, 7) is 7.44. The maximum absolute atomic E-state index is 4.57. The number of unbranched alkanes of at least 4 members (excludes halogenated alkanes) is 5. The van der Waals surface area contributed by atoms with Gasteiger partial charge in [-0.15, -0.1) is 0 Å². The van der Waals surface area contributed by atoms with Gasteiger partial charge in [-0.2, -0.15) is 0 Å². The van der Waals surface area contributed by atoms with E-state index in [0.29, 0.717) is 0 Å². The number of pyridine rings is 1. The maximum Gasteiger partial charge on any atom is 0.140 e. The fourth-order valence-corrected chi connectivity index (χ4v) is 2.83. The molecule has 21 heavy (non-hydrogen) atoms. The number of hydrogen-bond acceptors (Lipinski definition) is 2. The highest BCUT2D eigenvalue weighted by Crippen LogP contribution is 2.20. The van der Waals surface area contributed by atoms with Gasteiger partial charge in [-0.1, -0.05) is 46.0 Å². The first-order valence-corrected chi connectivity index (χ1v) is 8.50. The van der Waals surface area contributed by atoms with Gasteiger partial charge in [-0.25, -0.2) is 4.98 Å². The van der Waals surface area contributed by atoms with Crippen molar-refractivity contribution in [2.45, 2.75) is 65.5 Å². The monoisotopic (exact) mass is 287 g/mol. The lowest BCUT2D eigenvalue weighted by molar-refractivity contribution is 0.563. The van der Waals surface area contributed by atoms with E-state index in [2.05, 4.69) is 41.0 Å². The molecule has 0 atom stereocenters. The molecule has 0 saturated carbocycles. The van der Waals surface area contributed by atoms with E-state index in [1.165, 1.54) is 49.5 Å². The van der Waals surface area contributed by atoms with E-state index in [9.17, 15) is 0 Å². The van der Waals surface area contributed by atoms with Gasteiger partial charge in [0.2, 0.25) is 0 Å². The molecule has 0 bridgehead atoms. The van der Waals surface area contributed by atoms with Crippen molar-refractivity contribution in [3.63, 3.8) is 0 Å². The Morgan fingerprint density at radius 3 is 2.71 bits per heavy atom. The second-order valence-corrected chi connectivity index (χ2v) is 5.77. The van der Waals surface area contributed by atoms with Crippen LogP contribution in [-0.2, 0) is 13.1 Å². The van der Waals surface area contributed by atoms with Crippen molar-refractivity contribution < 1.29 is 0 Å². The molecule has 0 aliphatic carbocycles. The van der Waals surface area contributed by atoms with Gasteiger partial charge in [0.1, 0.15) is 5.65 Å². The lowest BCUT2D eigenvalue weighted by Crippen LogP contribution is -2.11. The third-order valence-electron chi connectivity index (χ3n) is 4.03. The number of nitrogens with one attached hydrogen (secondary N) is 1. The van der Waals surface area contributed by atoms with Gasteiger partial charge >= 0.3 is 0 Å². The number of nitrogens with zero attached hydrogens (tertiary/aromatic N) is 2. The average molecular weight is 287 g/mol. The van der Waals surface area contributed by atoms with E-state index in [-0.39, 0.29) is 0 Å². The normalized spacial score (nSPS) is 11.3. The Bertz CT molecular complexity index is 530. The molecule has 2 aromatic heterocycles. The third kappa shape index (κ3) is 4.57. The molecule has 2 rings (SSSR count). The Morgan fingerprint density at radius 1 is 1.10 bits per heavy atom. The molecule has 0 unspecified atom stereocenters. The van der Waals surface area contributed by atoms with Crippen LogP contribution in [0.2, 0.25) is 0 Å². The van der Waals surface area contributed by atoms with Crippen LogP contribution in [0.4, 0.5) is 0 Å². The van der Waals surface area contributed by atoms with Crippen molar-refractivity contribution in [2.24, 2.45) is 0 Å². The predicted molar refractivity (Wildman–Crippen MR) is 90.5 cm³/mol. The zero-order valence-electron chi connectivity index (χ0n) is 13.6. The van der Waals surface area contributed by atoms with Gasteiger partial charge < -0.3 is 9.88 Å². The second kappa shape index (κ2) is 8.83. The fraction of sp³-hybridized carbons (Fsp3) is 0.611. The maximum atomic E-state index is 4.57. The summed E-state index contributed by atoms with van der Waals surface area (Å²) in [6, 6.07) is 4.22. The zero-order chi connectivity index (χ0) is 14.9. The molecule has 0 radical (unpaired) electrons. The molecule has 0 aliphatic heterocycles. The summed E-state index contributed by atoms with van der Waals surface area (Å²) in [7, 11) is 0. The SMILES string of the molecule is CCCCCCCCn1cc(CNCC)c2cccnc21. The number of aryl methyl sites for hydroxylation is 1. The highest BCUT2D eigenvalue weighted by Gasteiger charge is 2.08. The van der Waals surface area contributed by atoms with Crippen molar-refractivity contribution in [3.05, 3.63) is 30.1 Å². The molecule has 3 nitrogen and oxygen atoms in total. The average Bonchev–Trinajstić information content (AvgIpc) is 2.87. The smallest absolute Gasteiger partial charge is 0.140 e. The van der Waals surface area contributed by atoms with Crippen molar-refractivity contribution in [1.82, 2.24) is 14.9 Å². The summed E-state index contributed by atoms with van der Waals surface area (Å²) in [6.07, 6.45) is 12.2. The topological polar surface area (TPSA) is 29.9 Å². The molecule has 0 aromatic carbocycles. The van der Waals surface area contributed by atoms with Gasteiger partial charge in [0.05, 0.1) is 0 Å². The summed E-state index contributed by atoms with van der Waals surface area (Å²) >= 11 is 0. The van der Waals surface area contributed by atoms with Gasteiger partial charge in [-0.3, -0.25) is 0 Å². The molecule has 0 amide bonds. The van der Waals surface area contributed by atoms with Crippen LogP contribution < -0.4 is 5.32 Å². The van der Waals surface area contributed by atoms with Crippen LogP contribution >= 0.6 is 0 Å². The molecule has 0 fully saturated rings. The molecule has 0 spiro atoms. The Kier molecular flexibility index (Phi) is 6.74. The predicted octanol–water partition coefficient (Wildman–Crippen LogP) is 4.51. The summed E-state index contributed by atoms with van der Waals surface area (Å²) in [5.74, 6) is 0. The van der Waals surface area contributed by atoms with Gasteiger partial charge in [0.15, 0.2) is 0 Å². The number of fused-ring (bicyclic) bond motifs is 1. The first-order valence-electron chi connectivity index (χ1n) is 8.50. The Balaban J connectivity index is 1.95. The molecule has 2 heterocycles. The van der Waals surface area contributed by atoms with Crippen LogP contribution in [-0.4, -0.2) is 16.1 Å². The van der Waals surface area contributed by atoms with Crippen LogP contribution in [0.25, 0.3) is 11.0 Å². The zero-order valence-corrected chi connectivity index (χ0v) is 13.6. The van der Waals surface area contributed by atoms with Gasteiger partial charge in [0, 0.05) is 30.9 Å². The molecule has 2 aromatic rings. The molecule has 1 N–H and O–H groups in total. The first-order chi connectivity index (χ1) is 10.4. The van der Waals surface area contributed by atoms with Crippen molar-refractivity contribution in [2.75, 3.05) is 6.54 Å². The molecule has 0 saturated heterocycles. The molecule has 116 valence electrons. The standard InChI is InChI=1S/C18H29N3/c1-3-5-6-7-8-9-13-21-15-16(14-19-4-2)17-11-10-12-20-18(17)21/h10-12,15,19H,3-9,13-14H2,1-2H3. The lowest BCUT2D eigenvalue weighted by Gasteiger charge is -2.04. The molecule has 0 aliphatic rings. The van der Waals surface area contributed by atoms with E-state index < -0.39 is 0 Å². The van der Waals surface area contributed by atoms with E-state index in [0.717, 1.165) is 25.3 Å². The van der Waals surface area contributed by atoms with Crippen molar-refractivity contribution in [1.29, 1.82) is 0 Å². The second-order valence-electron chi connectivity index (χ2n) is 5.77. The van der Waals surface area contributed by atoms with Crippen LogP contribution in [0, 0.1) is 0 Å². The quantitative estimate of drug-likeness (QED) is 0.652. The van der Waals surface area contributed by atoms with E-state index in [4.69, 9.17) is 0 Å². The van der Waals surface area contributed by atoms with Crippen LogP contribution in [0.5, 0.6) is 0 Å². The molecule has 3 heteroatoms. The van der Waals surface area contributed by atoms with Gasteiger partial charge in [-0.05, 0) is 30.7 Å². The molecular formula is C18H29N3.